The fourth-order valence-electron chi connectivity index (χ4n) is 2.94. The van der Waals surface area contributed by atoms with Gasteiger partial charge in [-0.05, 0) is 36.1 Å². The van der Waals surface area contributed by atoms with Crippen LogP contribution in [-0.2, 0) is 0 Å². The van der Waals surface area contributed by atoms with Crippen LogP contribution in [0.25, 0.3) is 17.1 Å². The van der Waals surface area contributed by atoms with Gasteiger partial charge in [0.1, 0.15) is 17.7 Å². The summed E-state index contributed by atoms with van der Waals surface area (Å²) in [6, 6.07) is 19.6. The lowest BCUT2D eigenvalue weighted by atomic mass is 10.1. The van der Waals surface area contributed by atoms with Crippen molar-refractivity contribution in [2.45, 2.75) is 19.1 Å². The predicted molar refractivity (Wildman–Crippen MR) is 106 cm³/mol. The van der Waals surface area contributed by atoms with Crippen molar-refractivity contribution < 1.29 is 5.11 Å². The third kappa shape index (κ3) is 3.31. The topological polar surface area (TPSA) is 50.9 Å². The van der Waals surface area contributed by atoms with Crippen LogP contribution in [0.4, 0.5) is 0 Å². The van der Waals surface area contributed by atoms with Crippen LogP contribution in [0.3, 0.4) is 0 Å². The Morgan fingerprint density at radius 1 is 1.04 bits per heavy atom. The van der Waals surface area contributed by atoms with Gasteiger partial charge >= 0.3 is 0 Å². The second kappa shape index (κ2) is 7.23. The van der Waals surface area contributed by atoms with Crippen LogP contribution in [0.15, 0.2) is 72.1 Å². The van der Waals surface area contributed by atoms with Crippen molar-refractivity contribution >= 4 is 28.4 Å². The van der Waals surface area contributed by atoms with Gasteiger partial charge in [0.25, 0.3) is 0 Å². The van der Waals surface area contributed by atoms with Crippen LogP contribution < -0.4 is 0 Å². The van der Waals surface area contributed by atoms with Gasteiger partial charge in [0.05, 0.1) is 5.52 Å². The third-order valence-electron chi connectivity index (χ3n) is 4.38. The summed E-state index contributed by atoms with van der Waals surface area (Å²) in [7, 11) is 0. The number of nitrogens with zero attached hydrogens (tertiary/aromatic N) is 3. The molecule has 2 heterocycles. The van der Waals surface area contributed by atoms with Gasteiger partial charge in [-0.1, -0.05) is 65.4 Å². The average Bonchev–Trinajstić information content (AvgIpc) is 3.33. The molecule has 0 aliphatic rings. The molecule has 2 unspecified atom stereocenters. The number of aliphatic hydroxyl groups is 1. The SMILES string of the molecule is Cc1ccc(/C=C/C(C(O)c2cccs2)n2nnc3ccccc32)cc1. The summed E-state index contributed by atoms with van der Waals surface area (Å²) in [4.78, 5) is 0.906. The summed E-state index contributed by atoms with van der Waals surface area (Å²) in [5.41, 5.74) is 4.03. The van der Waals surface area contributed by atoms with Gasteiger partial charge in [-0.2, -0.15) is 0 Å². The number of aromatic nitrogens is 3. The number of fused-ring (bicyclic) bond motifs is 1. The van der Waals surface area contributed by atoms with Gasteiger partial charge in [0.15, 0.2) is 0 Å². The Morgan fingerprint density at radius 2 is 1.85 bits per heavy atom. The lowest BCUT2D eigenvalue weighted by Gasteiger charge is -2.19. The molecule has 4 aromatic rings. The fourth-order valence-corrected chi connectivity index (χ4v) is 3.69. The molecule has 4 nitrogen and oxygen atoms in total. The molecule has 0 aliphatic heterocycles. The predicted octanol–water partition coefficient (Wildman–Crippen LogP) is 4.79. The first kappa shape index (κ1) is 16.7. The fraction of sp³-hybridized carbons (Fsp3) is 0.143. The zero-order chi connectivity index (χ0) is 17.9. The highest BCUT2D eigenvalue weighted by atomic mass is 32.1. The molecule has 5 heteroatoms. The molecule has 2 atom stereocenters. The van der Waals surface area contributed by atoms with Crippen molar-refractivity contribution in [1.29, 1.82) is 0 Å². The van der Waals surface area contributed by atoms with Crippen molar-refractivity contribution in [1.82, 2.24) is 15.0 Å². The summed E-state index contributed by atoms with van der Waals surface area (Å²) in [5, 5.41) is 21.5. The summed E-state index contributed by atoms with van der Waals surface area (Å²) in [6.45, 7) is 2.07. The Morgan fingerprint density at radius 3 is 2.62 bits per heavy atom. The highest BCUT2D eigenvalue weighted by Gasteiger charge is 2.24. The van der Waals surface area contributed by atoms with Crippen molar-refractivity contribution in [3.8, 4) is 0 Å². The van der Waals surface area contributed by atoms with E-state index in [4.69, 9.17) is 0 Å². The van der Waals surface area contributed by atoms with E-state index in [1.807, 2.05) is 53.9 Å². The van der Waals surface area contributed by atoms with Crippen LogP contribution >= 0.6 is 11.3 Å². The molecule has 2 aromatic heterocycles. The second-order valence-corrected chi connectivity index (χ2v) is 7.22. The van der Waals surface area contributed by atoms with Gasteiger partial charge in [0.2, 0.25) is 0 Å². The van der Waals surface area contributed by atoms with E-state index in [2.05, 4.69) is 41.5 Å². The van der Waals surface area contributed by atoms with Crippen LogP contribution in [0.1, 0.15) is 28.1 Å². The Balaban J connectivity index is 1.75. The second-order valence-electron chi connectivity index (χ2n) is 6.24. The first-order chi connectivity index (χ1) is 12.7. The molecule has 0 fully saturated rings. The van der Waals surface area contributed by atoms with Crippen molar-refractivity contribution in [2.24, 2.45) is 0 Å². The number of para-hydroxylation sites is 1. The van der Waals surface area contributed by atoms with E-state index in [1.54, 1.807) is 16.0 Å². The molecule has 1 N–H and O–H groups in total. The van der Waals surface area contributed by atoms with E-state index in [-0.39, 0.29) is 6.04 Å². The van der Waals surface area contributed by atoms with E-state index >= 15 is 0 Å². The number of rotatable bonds is 5. The van der Waals surface area contributed by atoms with E-state index < -0.39 is 6.10 Å². The first-order valence-electron chi connectivity index (χ1n) is 8.48. The Bertz CT molecular complexity index is 1020. The minimum Gasteiger partial charge on any atom is -0.385 e. The zero-order valence-electron chi connectivity index (χ0n) is 14.4. The third-order valence-corrected chi connectivity index (χ3v) is 5.32. The molecule has 0 spiro atoms. The highest BCUT2D eigenvalue weighted by Crippen LogP contribution is 2.32. The van der Waals surface area contributed by atoms with Crippen LogP contribution in [0, 0.1) is 6.92 Å². The molecule has 2 aromatic carbocycles. The van der Waals surface area contributed by atoms with Gasteiger partial charge in [-0.15, -0.1) is 16.4 Å². The minimum atomic E-state index is -0.693. The first-order valence-corrected chi connectivity index (χ1v) is 9.36. The molecule has 0 saturated heterocycles. The van der Waals surface area contributed by atoms with Crippen LogP contribution in [-0.4, -0.2) is 20.1 Å². The number of hydrogen-bond acceptors (Lipinski definition) is 4. The van der Waals surface area contributed by atoms with Gasteiger partial charge in [-0.25, -0.2) is 4.68 Å². The summed E-state index contributed by atoms with van der Waals surface area (Å²) >= 11 is 1.54. The lowest BCUT2D eigenvalue weighted by Crippen LogP contribution is -2.16. The number of aliphatic hydroxyl groups excluding tert-OH is 1. The quantitative estimate of drug-likeness (QED) is 0.556. The average molecular weight is 361 g/mol. The molecular weight excluding hydrogens is 342 g/mol. The highest BCUT2D eigenvalue weighted by molar-refractivity contribution is 7.10. The van der Waals surface area contributed by atoms with E-state index in [0.717, 1.165) is 21.5 Å². The van der Waals surface area contributed by atoms with Gasteiger partial charge in [0, 0.05) is 4.88 Å². The Kier molecular flexibility index (Phi) is 4.65. The summed E-state index contributed by atoms with van der Waals surface area (Å²) in [6.07, 6.45) is 3.33. The van der Waals surface area contributed by atoms with Crippen molar-refractivity contribution in [3.63, 3.8) is 0 Å². The van der Waals surface area contributed by atoms with Crippen LogP contribution in [0.2, 0.25) is 0 Å². The van der Waals surface area contributed by atoms with E-state index in [0.29, 0.717) is 0 Å². The molecule has 4 rings (SSSR count). The molecule has 0 radical (unpaired) electrons. The monoisotopic (exact) mass is 361 g/mol. The molecule has 0 amide bonds. The summed E-state index contributed by atoms with van der Waals surface area (Å²) in [5.74, 6) is 0. The number of aryl methyl sites for hydroxylation is 1. The molecular formula is C21H19N3OS. The molecule has 0 aliphatic carbocycles. The minimum absolute atomic E-state index is 0.345. The molecule has 0 bridgehead atoms. The van der Waals surface area contributed by atoms with Crippen molar-refractivity contribution in [3.05, 3.63) is 88.1 Å². The summed E-state index contributed by atoms with van der Waals surface area (Å²) < 4.78 is 1.80. The maximum absolute atomic E-state index is 11.0. The number of hydrogen-bond donors (Lipinski definition) is 1. The normalized spacial score (nSPS) is 14.1. The number of benzene rings is 2. The smallest absolute Gasteiger partial charge is 0.114 e. The van der Waals surface area contributed by atoms with Gasteiger partial charge in [-0.3, -0.25) is 0 Å². The lowest BCUT2D eigenvalue weighted by molar-refractivity contribution is 0.134. The Hall–Kier alpha value is -2.76. The van der Waals surface area contributed by atoms with Crippen molar-refractivity contribution in [2.75, 3.05) is 0 Å². The molecule has 130 valence electrons. The van der Waals surface area contributed by atoms with Crippen LogP contribution in [0.5, 0.6) is 0 Å². The Labute approximate surface area is 156 Å². The molecule has 0 saturated carbocycles. The molecule has 26 heavy (non-hydrogen) atoms. The number of thiophene rings is 1. The van der Waals surface area contributed by atoms with E-state index in [9.17, 15) is 5.11 Å². The zero-order valence-corrected chi connectivity index (χ0v) is 15.2. The van der Waals surface area contributed by atoms with Gasteiger partial charge < -0.3 is 5.11 Å². The maximum Gasteiger partial charge on any atom is 0.114 e. The van der Waals surface area contributed by atoms with E-state index in [1.165, 1.54) is 5.56 Å². The largest absolute Gasteiger partial charge is 0.385 e. The maximum atomic E-state index is 11.0. The standard InChI is InChI=1S/C21H19N3OS/c1-15-8-10-16(11-9-15)12-13-19(21(25)20-7-4-14-26-20)24-18-6-3-2-5-17(18)22-23-24/h2-14,19,21,25H,1H3/b13-12+.